The van der Waals surface area contributed by atoms with Crippen molar-refractivity contribution < 1.29 is 4.74 Å². The van der Waals surface area contributed by atoms with E-state index in [1.54, 1.807) is 7.11 Å². The number of hydrogen-bond acceptors (Lipinski definition) is 3. The van der Waals surface area contributed by atoms with E-state index in [-0.39, 0.29) is 0 Å². The molecule has 0 amide bonds. The maximum Gasteiger partial charge on any atom is 0.118 e. The van der Waals surface area contributed by atoms with E-state index in [1.165, 1.54) is 5.56 Å². The van der Waals surface area contributed by atoms with Crippen LogP contribution in [0.25, 0.3) is 0 Å². The largest absolute Gasteiger partial charge is 0.497 e. The van der Waals surface area contributed by atoms with Gasteiger partial charge in [-0.3, -0.25) is 0 Å². The predicted molar refractivity (Wildman–Crippen MR) is 72.6 cm³/mol. The first-order valence-electron chi connectivity index (χ1n) is 6.08. The number of likely N-dealkylation sites (N-methyl/N-ethyl adjacent to an activating group) is 1. The maximum atomic E-state index is 5.18. The maximum absolute atomic E-state index is 5.18. The molecular formula is C14H24N2O. The third-order valence-corrected chi connectivity index (χ3v) is 2.84. The molecule has 1 unspecified atom stereocenters. The molecule has 3 nitrogen and oxygen atoms in total. The molecule has 0 aliphatic carbocycles. The smallest absolute Gasteiger partial charge is 0.118 e. The monoisotopic (exact) mass is 236 g/mol. The van der Waals surface area contributed by atoms with Gasteiger partial charge in [0, 0.05) is 18.6 Å². The standard InChI is InChI=1S/C14H24N2O/c1-11(2)15-10-14(16(3)4)12-6-8-13(17-5)9-7-12/h6-9,11,14-15H,10H2,1-5H3. The van der Waals surface area contributed by atoms with E-state index < -0.39 is 0 Å². The van der Waals surface area contributed by atoms with E-state index in [1.807, 2.05) is 12.1 Å². The molecule has 0 spiro atoms. The molecule has 0 heterocycles. The van der Waals surface area contributed by atoms with Crippen molar-refractivity contribution in [1.82, 2.24) is 10.2 Å². The zero-order chi connectivity index (χ0) is 12.8. The van der Waals surface area contributed by atoms with E-state index >= 15 is 0 Å². The third-order valence-electron chi connectivity index (χ3n) is 2.84. The lowest BCUT2D eigenvalue weighted by Crippen LogP contribution is -2.34. The normalized spacial score (nSPS) is 13.1. The van der Waals surface area contributed by atoms with E-state index in [2.05, 4.69) is 50.3 Å². The molecule has 0 aromatic heterocycles. The molecule has 1 aromatic carbocycles. The van der Waals surface area contributed by atoms with Crippen molar-refractivity contribution in [2.45, 2.75) is 25.9 Å². The molecule has 0 radical (unpaired) electrons. The summed E-state index contributed by atoms with van der Waals surface area (Å²) in [5.74, 6) is 0.906. The Bertz CT molecular complexity index is 319. The summed E-state index contributed by atoms with van der Waals surface area (Å²) < 4.78 is 5.18. The number of ether oxygens (including phenoxy) is 1. The van der Waals surface area contributed by atoms with Gasteiger partial charge in [-0.15, -0.1) is 0 Å². The summed E-state index contributed by atoms with van der Waals surface area (Å²) in [5, 5.41) is 3.48. The highest BCUT2D eigenvalue weighted by Gasteiger charge is 2.14. The summed E-state index contributed by atoms with van der Waals surface area (Å²) in [5.41, 5.74) is 1.31. The first-order chi connectivity index (χ1) is 8.04. The molecule has 96 valence electrons. The van der Waals surface area contributed by atoms with Crippen molar-refractivity contribution in [2.24, 2.45) is 0 Å². The van der Waals surface area contributed by atoms with Gasteiger partial charge in [-0.2, -0.15) is 0 Å². The first kappa shape index (κ1) is 14.0. The quantitative estimate of drug-likeness (QED) is 0.820. The highest BCUT2D eigenvalue weighted by atomic mass is 16.5. The Balaban J connectivity index is 2.74. The van der Waals surface area contributed by atoms with Gasteiger partial charge >= 0.3 is 0 Å². The van der Waals surface area contributed by atoms with Crippen molar-refractivity contribution in [3.8, 4) is 5.75 Å². The minimum absolute atomic E-state index is 0.392. The molecule has 0 aliphatic heterocycles. The summed E-state index contributed by atoms with van der Waals surface area (Å²) >= 11 is 0. The van der Waals surface area contributed by atoms with E-state index in [9.17, 15) is 0 Å². The average Bonchev–Trinajstić information content (AvgIpc) is 2.29. The van der Waals surface area contributed by atoms with Crippen LogP contribution in [0.1, 0.15) is 25.5 Å². The van der Waals surface area contributed by atoms with Gasteiger partial charge in [0.1, 0.15) is 5.75 Å². The van der Waals surface area contributed by atoms with Crippen molar-refractivity contribution >= 4 is 0 Å². The Morgan fingerprint density at radius 1 is 1.18 bits per heavy atom. The molecule has 0 fully saturated rings. The second-order valence-electron chi connectivity index (χ2n) is 4.82. The van der Waals surface area contributed by atoms with Crippen LogP contribution in [0.3, 0.4) is 0 Å². The van der Waals surface area contributed by atoms with E-state index in [0.29, 0.717) is 12.1 Å². The number of benzene rings is 1. The molecule has 3 heteroatoms. The Morgan fingerprint density at radius 2 is 1.76 bits per heavy atom. The van der Waals surface area contributed by atoms with Crippen molar-refractivity contribution in [2.75, 3.05) is 27.7 Å². The molecule has 1 aromatic rings. The lowest BCUT2D eigenvalue weighted by molar-refractivity contribution is 0.283. The lowest BCUT2D eigenvalue weighted by Gasteiger charge is -2.26. The second kappa shape index (κ2) is 6.62. The molecule has 0 aliphatic rings. The number of hydrogen-bond donors (Lipinski definition) is 1. The zero-order valence-electron chi connectivity index (χ0n) is 11.5. The first-order valence-corrected chi connectivity index (χ1v) is 6.08. The minimum atomic E-state index is 0.392. The summed E-state index contributed by atoms with van der Waals surface area (Å²) in [6.07, 6.45) is 0. The van der Waals surface area contributed by atoms with Crippen LogP contribution in [0.15, 0.2) is 24.3 Å². The molecule has 1 N–H and O–H groups in total. The highest BCUT2D eigenvalue weighted by molar-refractivity contribution is 5.29. The molecule has 0 bridgehead atoms. The van der Waals surface area contributed by atoms with Crippen LogP contribution in [0.4, 0.5) is 0 Å². The summed E-state index contributed by atoms with van der Waals surface area (Å²) in [7, 11) is 5.91. The SMILES string of the molecule is COc1ccc(C(CNC(C)C)N(C)C)cc1. The van der Waals surface area contributed by atoms with Gasteiger partial charge in [0.25, 0.3) is 0 Å². The average molecular weight is 236 g/mol. The number of rotatable bonds is 6. The van der Waals surface area contributed by atoms with Gasteiger partial charge in [-0.05, 0) is 31.8 Å². The van der Waals surface area contributed by atoms with Gasteiger partial charge in [0.2, 0.25) is 0 Å². The molecule has 1 rings (SSSR count). The van der Waals surface area contributed by atoms with Gasteiger partial charge in [0.15, 0.2) is 0 Å². The van der Waals surface area contributed by atoms with Crippen LogP contribution in [0, 0.1) is 0 Å². The van der Waals surface area contributed by atoms with Crippen LogP contribution in [-0.2, 0) is 0 Å². The number of methoxy groups -OCH3 is 1. The molecular weight excluding hydrogens is 212 g/mol. The minimum Gasteiger partial charge on any atom is -0.497 e. The third kappa shape index (κ3) is 4.36. The Labute approximate surface area is 105 Å². The fraction of sp³-hybridized carbons (Fsp3) is 0.571. The van der Waals surface area contributed by atoms with Gasteiger partial charge in [-0.25, -0.2) is 0 Å². The summed E-state index contributed by atoms with van der Waals surface area (Å²) in [6.45, 7) is 5.29. The number of nitrogens with zero attached hydrogens (tertiary/aromatic N) is 1. The summed E-state index contributed by atoms with van der Waals surface area (Å²) in [4.78, 5) is 2.23. The lowest BCUT2D eigenvalue weighted by atomic mass is 10.1. The van der Waals surface area contributed by atoms with Crippen LogP contribution >= 0.6 is 0 Å². The highest BCUT2D eigenvalue weighted by Crippen LogP contribution is 2.20. The zero-order valence-corrected chi connectivity index (χ0v) is 11.5. The van der Waals surface area contributed by atoms with E-state index in [4.69, 9.17) is 4.74 Å². The fourth-order valence-corrected chi connectivity index (χ4v) is 1.77. The van der Waals surface area contributed by atoms with Gasteiger partial charge in [-0.1, -0.05) is 26.0 Å². The molecule has 0 saturated heterocycles. The van der Waals surface area contributed by atoms with Crippen molar-refractivity contribution in [3.05, 3.63) is 29.8 Å². The summed E-state index contributed by atoms with van der Waals surface area (Å²) in [6, 6.07) is 9.19. The Morgan fingerprint density at radius 3 is 2.18 bits per heavy atom. The van der Waals surface area contributed by atoms with Crippen LogP contribution < -0.4 is 10.1 Å². The van der Waals surface area contributed by atoms with Crippen LogP contribution in [0.2, 0.25) is 0 Å². The Hall–Kier alpha value is -1.06. The fourth-order valence-electron chi connectivity index (χ4n) is 1.77. The Kier molecular flexibility index (Phi) is 5.45. The predicted octanol–water partition coefficient (Wildman–Crippen LogP) is 2.30. The van der Waals surface area contributed by atoms with Crippen molar-refractivity contribution in [1.29, 1.82) is 0 Å². The number of nitrogens with one attached hydrogen (secondary N) is 1. The van der Waals surface area contributed by atoms with Gasteiger partial charge in [0.05, 0.1) is 7.11 Å². The van der Waals surface area contributed by atoms with E-state index in [0.717, 1.165) is 12.3 Å². The topological polar surface area (TPSA) is 24.5 Å². The van der Waals surface area contributed by atoms with Crippen LogP contribution in [-0.4, -0.2) is 38.7 Å². The van der Waals surface area contributed by atoms with Gasteiger partial charge < -0.3 is 15.0 Å². The molecule has 0 saturated carbocycles. The molecule has 17 heavy (non-hydrogen) atoms. The van der Waals surface area contributed by atoms with Crippen LogP contribution in [0.5, 0.6) is 5.75 Å². The second-order valence-corrected chi connectivity index (χ2v) is 4.82. The molecule has 1 atom stereocenters. The van der Waals surface area contributed by atoms with Crippen molar-refractivity contribution in [3.63, 3.8) is 0 Å².